The van der Waals surface area contributed by atoms with Crippen molar-refractivity contribution in [3.63, 3.8) is 0 Å². The van der Waals surface area contributed by atoms with Gasteiger partial charge in [0.05, 0.1) is 0 Å². The number of hydrogen-bond donors (Lipinski definition) is 0. The molecule has 0 N–H and O–H groups in total. The Bertz CT molecular complexity index is 3440. The second-order valence-corrected chi connectivity index (χ2v) is 24.5. The van der Waals surface area contributed by atoms with Crippen molar-refractivity contribution in [2.45, 2.75) is 124 Å². The van der Waals surface area contributed by atoms with Crippen molar-refractivity contribution in [2.75, 3.05) is 9.80 Å². The van der Waals surface area contributed by atoms with E-state index in [4.69, 9.17) is 9.72 Å². The number of hydrogen-bond acceptors (Lipinski definition) is 4. The van der Waals surface area contributed by atoms with E-state index >= 15 is 0 Å². The minimum absolute atomic E-state index is 0. The molecule has 0 bridgehead atoms. The first-order valence-electron chi connectivity index (χ1n) is 25.5. The molecule has 0 unspecified atom stereocenters. The van der Waals surface area contributed by atoms with Gasteiger partial charge >= 0.3 is 0 Å². The second kappa shape index (κ2) is 18.8. The van der Waals surface area contributed by atoms with Crippen molar-refractivity contribution in [3.8, 4) is 28.4 Å². The van der Waals surface area contributed by atoms with Gasteiger partial charge in [-0.15, -0.1) is 48.1 Å². The van der Waals surface area contributed by atoms with E-state index < -0.39 is 0 Å². The van der Waals surface area contributed by atoms with Gasteiger partial charge in [0, 0.05) is 66.8 Å². The Morgan fingerprint density at radius 3 is 1.64 bits per heavy atom. The van der Waals surface area contributed by atoms with Gasteiger partial charge in [-0.25, -0.2) is 4.98 Å². The van der Waals surface area contributed by atoms with Crippen molar-refractivity contribution >= 4 is 44.6 Å². The minimum Gasteiger partial charge on any atom is -0.509 e. The van der Waals surface area contributed by atoms with Crippen molar-refractivity contribution in [2.24, 2.45) is 0 Å². The van der Waals surface area contributed by atoms with Crippen molar-refractivity contribution in [1.82, 2.24) is 9.55 Å². The van der Waals surface area contributed by atoms with Crippen LogP contribution >= 0.6 is 0 Å². The molecule has 1 aliphatic rings. The van der Waals surface area contributed by atoms with Crippen LogP contribution in [0.1, 0.15) is 130 Å². The zero-order chi connectivity index (χ0) is 51.1. The number of nitrogens with zero attached hydrogens (tertiary/aromatic N) is 4. The van der Waals surface area contributed by atoms with Gasteiger partial charge in [0.1, 0.15) is 5.82 Å². The molecule has 0 radical (unpaired) electrons. The van der Waals surface area contributed by atoms with E-state index in [2.05, 4.69) is 264 Å². The molecule has 9 aromatic rings. The molecule has 6 heteroatoms. The fraction of sp³-hybridized carbons (Fsp3) is 0.284. The first kappa shape index (κ1) is 51.5. The molecule has 1 aliphatic heterocycles. The summed E-state index contributed by atoms with van der Waals surface area (Å²) in [7, 11) is 0. The smallest absolute Gasteiger partial charge is 0.135 e. The van der Waals surface area contributed by atoms with E-state index in [1.54, 1.807) is 0 Å². The van der Waals surface area contributed by atoms with Crippen LogP contribution in [0.4, 0.5) is 22.7 Å². The standard InChI is InChI=1S/C67H69N4O.Pt/c1-63(2,3)48-33-45(34-49(36-48)64(4,5)6)44-27-30-58-57(35-44)56-29-28-55(42-61(56)71(58)62-40-47(31-32-68-62)67(13,14)46-21-16-15-17-22-46)72-54-24-20-23-52(41-54)69-43-70(60-26-19-18-25-59(60)69)53-38-50(65(7,8)9)37-51(39-53)66(10,11)12;/h15-40,43H,1-14H3;/q-3;. The summed E-state index contributed by atoms with van der Waals surface area (Å²) in [6.45, 7) is 34.3. The van der Waals surface area contributed by atoms with Crippen LogP contribution in [0, 0.1) is 18.8 Å². The van der Waals surface area contributed by atoms with Crippen molar-refractivity contribution in [3.05, 3.63) is 210 Å². The van der Waals surface area contributed by atoms with Crippen LogP contribution in [0.5, 0.6) is 11.5 Å². The molecule has 0 saturated carbocycles. The third-order valence-corrected chi connectivity index (χ3v) is 14.6. The molecule has 0 spiro atoms. The van der Waals surface area contributed by atoms with Crippen LogP contribution in [0.3, 0.4) is 0 Å². The molecule has 73 heavy (non-hydrogen) atoms. The quantitative estimate of drug-likeness (QED) is 0.142. The number of rotatable bonds is 8. The van der Waals surface area contributed by atoms with Gasteiger partial charge in [-0.1, -0.05) is 181 Å². The van der Waals surface area contributed by atoms with E-state index in [1.165, 1.54) is 44.5 Å². The third-order valence-electron chi connectivity index (χ3n) is 14.6. The molecule has 2 aromatic heterocycles. The first-order valence-corrected chi connectivity index (χ1v) is 25.5. The largest absolute Gasteiger partial charge is 0.509 e. The van der Waals surface area contributed by atoms with E-state index in [0.717, 1.165) is 50.4 Å². The number of para-hydroxylation sites is 2. The average Bonchev–Trinajstić information content (AvgIpc) is 3.89. The summed E-state index contributed by atoms with van der Waals surface area (Å²) in [5.74, 6) is 2.02. The van der Waals surface area contributed by atoms with Gasteiger partial charge in [-0.05, 0) is 114 Å². The topological polar surface area (TPSA) is 33.5 Å². The van der Waals surface area contributed by atoms with Crippen LogP contribution in [0.15, 0.2) is 158 Å². The molecule has 0 amide bonds. The molecule has 0 aliphatic carbocycles. The summed E-state index contributed by atoms with van der Waals surface area (Å²) in [4.78, 5) is 9.60. The van der Waals surface area contributed by atoms with E-state index in [1.807, 2.05) is 24.4 Å². The molecule has 7 aromatic carbocycles. The Balaban J connectivity index is 0.00000656. The summed E-state index contributed by atoms with van der Waals surface area (Å²) in [6.07, 6.45) is 1.94. The Morgan fingerprint density at radius 2 is 1.03 bits per heavy atom. The Morgan fingerprint density at radius 1 is 0.452 bits per heavy atom. The van der Waals surface area contributed by atoms with E-state index in [-0.39, 0.29) is 48.1 Å². The van der Waals surface area contributed by atoms with Gasteiger partial charge in [0.25, 0.3) is 0 Å². The van der Waals surface area contributed by atoms with Crippen LogP contribution in [-0.2, 0) is 48.1 Å². The monoisotopic (exact) mass is 1140 g/mol. The molecular weight excluding hydrogens is 1070 g/mol. The van der Waals surface area contributed by atoms with E-state index in [0.29, 0.717) is 11.5 Å². The van der Waals surface area contributed by atoms with Crippen molar-refractivity contribution < 1.29 is 25.8 Å². The zero-order valence-electron chi connectivity index (χ0n) is 45.1. The summed E-state index contributed by atoms with van der Waals surface area (Å²) >= 11 is 0. The van der Waals surface area contributed by atoms with Gasteiger partial charge in [0.15, 0.2) is 0 Å². The number of anilines is 4. The SMILES string of the molecule is CC(C)(C)c1cc(-c2ccc3c(c2)c2ccc(Oc4[c-]c(N5[CH-]N(c6cc(C(C)(C)C)cc(C(C)(C)C)c6)c6ccccc65)ccc4)[c-]c2n3-c2cc(C(C)(C)c3ccccc3)ccn2)cc(C(C)(C)C)c1.[Pt]. The van der Waals surface area contributed by atoms with Gasteiger partial charge in [-0.3, -0.25) is 0 Å². The number of ether oxygens (including phenoxy) is 1. The maximum atomic E-state index is 6.80. The number of pyridine rings is 1. The molecule has 0 saturated heterocycles. The maximum absolute atomic E-state index is 6.80. The predicted octanol–water partition coefficient (Wildman–Crippen LogP) is 18.2. The maximum Gasteiger partial charge on any atom is 0.135 e. The Hall–Kier alpha value is -6.42. The summed E-state index contributed by atoms with van der Waals surface area (Å²) in [5, 5.41) is 2.20. The second-order valence-electron chi connectivity index (χ2n) is 24.5. The fourth-order valence-corrected chi connectivity index (χ4v) is 9.89. The molecular formula is C67H69N4OPt-3. The molecule has 376 valence electrons. The predicted molar refractivity (Wildman–Crippen MR) is 303 cm³/mol. The van der Waals surface area contributed by atoms with Gasteiger partial charge in [-0.2, -0.15) is 12.1 Å². The van der Waals surface area contributed by atoms with Gasteiger partial charge in [0.2, 0.25) is 0 Å². The number of benzene rings is 7. The van der Waals surface area contributed by atoms with Crippen LogP contribution in [0.2, 0.25) is 0 Å². The van der Waals surface area contributed by atoms with Gasteiger partial charge < -0.3 is 19.1 Å². The van der Waals surface area contributed by atoms with Crippen LogP contribution in [-0.4, -0.2) is 9.55 Å². The number of aromatic nitrogens is 2. The normalized spacial score (nSPS) is 13.4. The zero-order valence-corrected chi connectivity index (χ0v) is 47.4. The molecule has 0 fully saturated rings. The third kappa shape index (κ3) is 10.0. The Labute approximate surface area is 449 Å². The average molecular weight is 1140 g/mol. The number of fused-ring (bicyclic) bond motifs is 4. The molecule has 5 nitrogen and oxygen atoms in total. The van der Waals surface area contributed by atoms with Crippen LogP contribution in [0.25, 0.3) is 38.8 Å². The van der Waals surface area contributed by atoms with Crippen LogP contribution < -0.4 is 14.5 Å². The molecule has 0 atom stereocenters. The summed E-state index contributed by atoms with van der Waals surface area (Å²) in [5.41, 5.74) is 15.9. The summed E-state index contributed by atoms with van der Waals surface area (Å²) < 4.78 is 9.05. The minimum atomic E-state index is -0.261. The molecule has 3 heterocycles. The fourth-order valence-electron chi connectivity index (χ4n) is 9.89. The molecule has 10 rings (SSSR count). The first-order chi connectivity index (χ1) is 33.9. The van der Waals surface area contributed by atoms with E-state index in [9.17, 15) is 0 Å². The Kier molecular flexibility index (Phi) is 13.3. The van der Waals surface area contributed by atoms with Crippen molar-refractivity contribution in [1.29, 1.82) is 0 Å². The summed E-state index contributed by atoms with van der Waals surface area (Å²) in [6, 6.07) is 62.4.